The van der Waals surface area contributed by atoms with Crippen molar-refractivity contribution >= 4 is 52.4 Å². The number of nitrogens with one attached hydrogen (secondary N) is 3. The summed E-state index contributed by atoms with van der Waals surface area (Å²) >= 11 is 0. The Morgan fingerprint density at radius 1 is 0.791 bits per heavy atom. The Bertz CT molecular complexity index is 2530. The maximum atomic E-state index is 14.1. The van der Waals surface area contributed by atoms with Gasteiger partial charge in [-0.15, -0.1) is 0 Å². The zero-order valence-electron chi connectivity index (χ0n) is 37.8. The lowest BCUT2D eigenvalue weighted by atomic mass is 9.89. The van der Waals surface area contributed by atoms with Crippen molar-refractivity contribution in [3.8, 4) is 0 Å². The average molecular weight is 917 g/mol. The van der Waals surface area contributed by atoms with E-state index in [0.29, 0.717) is 37.9 Å². The van der Waals surface area contributed by atoms with Gasteiger partial charge in [-0.2, -0.15) is 0 Å². The Morgan fingerprint density at radius 2 is 1.48 bits per heavy atom. The number of carbonyl (C=O) groups is 7. The monoisotopic (exact) mass is 916 g/mol. The summed E-state index contributed by atoms with van der Waals surface area (Å²) in [6.45, 7) is 2.48. The number of hydrogen-bond acceptors (Lipinski definition) is 10. The molecular weight excluding hydrogens is 857 g/mol. The molecule has 1 aromatic heterocycles. The number of imide groups is 1. The van der Waals surface area contributed by atoms with Crippen LogP contribution in [0.4, 0.5) is 0 Å². The lowest BCUT2D eigenvalue weighted by Crippen LogP contribution is -2.60. The van der Waals surface area contributed by atoms with Gasteiger partial charge in [0.15, 0.2) is 0 Å². The summed E-state index contributed by atoms with van der Waals surface area (Å²) in [4.78, 5) is 111. The van der Waals surface area contributed by atoms with Gasteiger partial charge in [-0.05, 0) is 92.8 Å². The first-order chi connectivity index (χ1) is 32.3. The SMILES string of the molecule is Cn1c(=O)n(C2CCC(=O)NC2=O)c2ccc(C3CCN(CCC(=O)N4CC[C@H]5CC[C@@H](C(=O)N[C@@H](CCC(N)=O)C(=O)NC(c6ccccc6)c6ccccc6)N5C(=O)[C@@H](N)C4)CC3)cc21. The van der Waals surface area contributed by atoms with Crippen LogP contribution >= 0.6 is 0 Å². The van der Waals surface area contributed by atoms with E-state index in [2.05, 4.69) is 20.9 Å². The van der Waals surface area contributed by atoms with Crippen molar-refractivity contribution in [2.45, 2.75) is 106 Å². The molecule has 1 unspecified atom stereocenters. The highest BCUT2D eigenvalue weighted by Crippen LogP contribution is 2.33. The summed E-state index contributed by atoms with van der Waals surface area (Å²) in [5.74, 6) is -2.71. The fraction of sp³-hybridized carbons (Fsp3) is 0.469. The number of aromatic nitrogens is 2. The van der Waals surface area contributed by atoms with Gasteiger partial charge >= 0.3 is 5.69 Å². The quantitative estimate of drug-likeness (QED) is 0.114. The van der Waals surface area contributed by atoms with Crippen LogP contribution in [0.25, 0.3) is 11.0 Å². The third kappa shape index (κ3) is 10.3. The van der Waals surface area contributed by atoms with Crippen LogP contribution in [0.5, 0.6) is 0 Å². The number of aryl methyl sites for hydroxylation is 1. The standard InChI is InChI=1S/C49H60N10O8/c1-55-40-28-33(12-15-37(40)59(49(55)67)39-17-19-42(61)53-47(39)65)30-20-24-56(25-21-30)26-23-43(62)57-27-22-34-13-16-38(58(34)48(66)35(50)29-57)46(64)52-36(14-18-41(51)60)45(63)54-44(31-8-4-2-5-9-31)32-10-6-3-7-11-32/h2-12,15,28,30,34-36,38-39,44H,13-14,16-27,29,50H2,1H3,(H2,51,60)(H,52,64)(H,54,63)(H,53,61,65)/t34-,35+,36+,38+,39?/m1/s1. The predicted octanol–water partition coefficient (Wildman–Crippen LogP) is 1.46. The van der Waals surface area contributed by atoms with Gasteiger partial charge in [0.1, 0.15) is 24.2 Å². The Hall–Kier alpha value is -6.66. The molecule has 18 heteroatoms. The molecule has 0 spiro atoms. The van der Waals surface area contributed by atoms with Gasteiger partial charge in [-0.1, -0.05) is 66.7 Å². The molecule has 5 atom stereocenters. The number of hydrogen-bond donors (Lipinski definition) is 5. The fourth-order valence-electron chi connectivity index (χ4n) is 10.4. The van der Waals surface area contributed by atoms with Crippen LogP contribution in [0.2, 0.25) is 0 Å². The minimum Gasteiger partial charge on any atom is -0.370 e. The molecule has 3 aromatic carbocycles. The largest absolute Gasteiger partial charge is 0.370 e. The third-order valence-electron chi connectivity index (χ3n) is 14.1. The summed E-state index contributed by atoms with van der Waals surface area (Å²) in [6.07, 6.45) is 3.58. The van der Waals surface area contributed by atoms with Gasteiger partial charge < -0.3 is 36.8 Å². The van der Waals surface area contributed by atoms with E-state index < -0.39 is 59.7 Å². The second kappa shape index (κ2) is 20.5. The number of rotatable bonds is 14. The van der Waals surface area contributed by atoms with Crippen molar-refractivity contribution in [2.24, 2.45) is 18.5 Å². The second-order valence-corrected chi connectivity index (χ2v) is 18.3. The van der Waals surface area contributed by atoms with Gasteiger partial charge in [0.25, 0.3) is 0 Å². The summed E-state index contributed by atoms with van der Waals surface area (Å²) in [5, 5.41) is 8.25. The van der Waals surface area contributed by atoms with E-state index in [0.717, 1.165) is 48.1 Å². The molecule has 8 rings (SSSR count). The predicted molar refractivity (Wildman–Crippen MR) is 248 cm³/mol. The molecule has 0 radical (unpaired) electrons. The summed E-state index contributed by atoms with van der Waals surface area (Å²) in [5.41, 5.74) is 15.8. The molecule has 4 aliphatic rings. The lowest BCUT2D eigenvalue weighted by Gasteiger charge is -2.38. The van der Waals surface area contributed by atoms with Crippen LogP contribution in [0.1, 0.15) is 98.9 Å². The first-order valence-corrected chi connectivity index (χ1v) is 23.4. The average Bonchev–Trinajstić information content (AvgIpc) is 3.86. The maximum absolute atomic E-state index is 14.1. The molecule has 5 heterocycles. The molecule has 0 bridgehead atoms. The number of carbonyl (C=O) groups excluding carboxylic acids is 7. The normalized spacial score (nSPS) is 22.2. The van der Waals surface area contributed by atoms with Gasteiger partial charge in [-0.3, -0.25) is 48.0 Å². The van der Waals surface area contributed by atoms with Crippen LogP contribution in [0.15, 0.2) is 83.7 Å². The van der Waals surface area contributed by atoms with E-state index in [9.17, 15) is 38.4 Å². The second-order valence-electron chi connectivity index (χ2n) is 18.3. The number of nitrogens with zero attached hydrogens (tertiary/aromatic N) is 5. The molecule has 0 aliphatic carbocycles. The van der Waals surface area contributed by atoms with Crippen molar-refractivity contribution in [2.75, 3.05) is 32.7 Å². The Kier molecular flexibility index (Phi) is 14.3. The highest BCUT2D eigenvalue weighted by Gasteiger charge is 2.45. The Morgan fingerprint density at radius 3 is 2.13 bits per heavy atom. The van der Waals surface area contributed by atoms with E-state index in [-0.39, 0.29) is 68.1 Å². The number of amides is 7. The van der Waals surface area contributed by atoms with Gasteiger partial charge in [0.2, 0.25) is 41.4 Å². The first kappa shape index (κ1) is 46.9. The highest BCUT2D eigenvalue weighted by atomic mass is 16.2. The van der Waals surface area contributed by atoms with Gasteiger partial charge in [0.05, 0.1) is 17.1 Å². The molecule has 4 fully saturated rings. The number of benzene rings is 3. The van der Waals surface area contributed by atoms with E-state index in [1.165, 1.54) is 9.47 Å². The lowest BCUT2D eigenvalue weighted by molar-refractivity contribution is -0.145. The van der Waals surface area contributed by atoms with Crippen LogP contribution in [0, 0.1) is 0 Å². The number of piperidine rings is 2. The zero-order chi connectivity index (χ0) is 47.4. The van der Waals surface area contributed by atoms with E-state index in [1.54, 1.807) is 16.5 Å². The number of imidazole rings is 1. The minimum atomic E-state index is -1.11. The summed E-state index contributed by atoms with van der Waals surface area (Å²) in [7, 11) is 1.69. The first-order valence-electron chi connectivity index (χ1n) is 23.4. The van der Waals surface area contributed by atoms with Crippen LogP contribution in [-0.2, 0) is 40.6 Å². The number of likely N-dealkylation sites (tertiary alicyclic amines) is 1. The maximum Gasteiger partial charge on any atom is 0.329 e. The molecule has 4 aliphatic heterocycles. The van der Waals surface area contributed by atoms with E-state index in [4.69, 9.17) is 11.5 Å². The van der Waals surface area contributed by atoms with Crippen molar-refractivity contribution in [1.82, 2.24) is 39.8 Å². The molecule has 18 nitrogen and oxygen atoms in total. The Labute approximate surface area is 388 Å². The van der Waals surface area contributed by atoms with Crippen LogP contribution in [-0.4, -0.2) is 122 Å². The molecule has 7 N–H and O–H groups in total. The molecule has 4 aromatic rings. The molecule has 354 valence electrons. The topological polar surface area (TPSA) is 244 Å². The van der Waals surface area contributed by atoms with Gasteiger partial charge in [-0.25, -0.2) is 4.79 Å². The van der Waals surface area contributed by atoms with Crippen molar-refractivity contribution in [1.29, 1.82) is 0 Å². The summed E-state index contributed by atoms with van der Waals surface area (Å²) < 4.78 is 3.04. The van der Waals surface area contributed by atoms with E-state index >= 15 is 0 Å². The van der Waals surface area contributed by atoms with Crippen LogP contribution in [0.3, 0.4) is 0 Å². The number of primary amides is 1. The van der Waals surface area contributed by atoms with Gasteiger partial charge in [0, 0.05) is 52.0 Å². The smallest absolute Gasteiger partial charge is 0.329 e. The number of nitrogens with two attached hydrogens (primary N) is 2. The van der Waals surface area contributed by atoms with Crippen molar-refractivity contribution in [3.05, 3.63) is 106 Å². The molecular formula is C49H60N10O8. The molecule has 0 saturated carbocycles. The minimum absolute atomic E-state index is 0.0115. The molecule has 67 heavy (non-hydrogen) atoms. The highest BCUT2D eigenvalue weighted by molar-refractivity contribution is 6.00. The Balaban J connectivity index is 0.845. The number of fused-ring (bicyclic) bond motifs is 2. The summed E-state index contributed by atoms with van der Waals surface area (Å²) in [6, 6.07) is 20.1. The van der Waals surface area contributed by atoms with E-state index in [1.807, 2.05) is 78.9 Å². The molecule has 7 amide bonds. The fourth-order valence-corrected chi connectivity index (χ4v) is 10.4. The molecule has 4 saturated heterocycles. The third-order valence-corrected chi connectivity index (χ3v) is 14.1. The van der Waals surface area contributed by atoms with Crippen molar-refractivity contribution in [3.63, 3.8) is 0 Å². The zero-order valence-corrected chi connectivity index (χ0v) is 37.8. The van der Waals surface area contributed by atoms with Crippen LogP contribution < -0.4 is 33.1 Å². The van der Waals surface area contributed by atoms with Crippen molar-refractivity contribution < 1.29 is 33.6 Å².